The van der Waals surface area contributed by atoms with Crippen molar-refractivity contribution < 1.29 is 4.74 Å². The lowest BCUT2D eigenvalue weighted by molar-refractivity contribution is 0.472. The maximum atomic E-state index is 6.16. The number of aryl methyl sites for hydroxylation is 1. The summed E-state index contributed by atoms with van der Waals surface area (Å²) < 4.78 is 5.95. The van der Waals surface area contributed by atoms with Crippen LogP contribution in [-0.2, 0) is 6.42 Å². The van der Waals surface area contributed by atoms with Gasteiger partial charge in [-0.05, 0) is 49.6 Å². The fraction of sp³-hybridized carbons (Fsp3) is 0.294. The molecule has 112 valence electrons. The number of rotatable bonds is 5. The van der Waals surface area contributed by atoms with Crippen molar-refractivity contribution in [2.75, 3.05) is 0 Å². The van der Waals surface area contributed by atoms with Gasteiger partial charge < -0.3 is 10.5 Å². The summed E-state index contributed by atoms with van der Waals surface area (Å²) in [7, 11) is 0. The summed E-state index contributed by atoms with van der Waals surface area (Å²) >= 11 is 12.1. The van der Waals surface area contributed by atoms with E-state index in [0.717, 1.165) is 24.2 Å². The second kappa shape index (κ2) is 7.17. The molecule has 4 heteroatoms. The maximum Gasteiger partial charge on any atom is 0.146 e. The smallest absolute Gasteiger partial charge is 0.146 e. The van der Waals surface area contributed by atoms with Crippen LogP contribution in [0, 0.1) is 6.92 Å². The molecule has 0 bridgehead atoms. The number of halogens is 2. The Labute approximate surface area is 135 Å². The molecule has 0 saturated carbocycles. The molecular formula is C17H19Cl2NO. The van der Waals surface area contributed by atoms with Gasteiger partial charge in [-0.25, -0.2) is 0 Å². The van der Waals surface area contributed by atoms with Crippen LogP contribution in [0.4, 0.5) is 0 Å². The molecule has 0 saturated heterocycles. The van der Waals surface area contributed by atoms with Gasteiger partial charge in [0.1, 0.15) is 11.5 Å². The average molecular weight is 324 g/mol. The summed E-state index contributed by atoms with van der Waals surface area (Å²) in [6, 6.07) is 11.4. The minimum absolute atomic E-state index is 0.120. The number of hydrogen-bond acceptors (Lipinski definition) is 2. The monoisotopic (exact) mass is 323 g/mol. The summed E-state index contributed by atoms with van der Waals surface area (Å²) in [5.41, 5.74) is 8.34. The first kappa shape index (κ1) is 16.2. The SMILES string of the molecule is CCC(N)Cc1cc(C)ccc1Oc1ccc(Cl)cc1Cl. The van der Waals surface area contributed by atoms with Crippen molar-refractivity contribution in [2.45, 2.75) is 32.7 Å². The molecule has 2 aromatic rings. The van der Waals surface area contributed by atoms with E-state index in [1.54, 1.807) is 18.2 Å². The molecule has 2 N–H and O–H groups in total. The molecule has 0 radical (unpaired) electrons. The van der Waals surface area contributed by atoms with Crippen molar-refractivity contribution in [3.8, 4) is 11.5 Å². The van der Waals surface area contributed by atoms with Crippen LogP contribution in [0.3, 0.4) is 0 Å². The van der Waals surface area contributed by atoms with Crippen molar-refractivity contribution >= 4 is 23.2 Å². The fourth-order valence-electron chi connectivity index (χ4n) is 2.07. The van der Waals surface area contributed by atoms with Crippen molar-refractivity contribution in [2.24, 2.45) is 5.73 Å². The van der Waals surface area contributed by atoms with Crippen LogP contribution in [0.15, 0.2) is 36.4 Å². The van der Waals surface area contributed by atoms with E-state index in [4.69, 9.17) is 33.7 Å². The van der Waals surface area contributed by atoms with Gasteiger partial charge in [-0.15, -0.1) is 0 Å². The highest BCUT2D eigenvalue weighted by Crippen LogP contribution is 2.33. The third kappa shape index (κ3) is 4.37. The third-order valence-electron chi connectivity index (χ3n) is 3.34. The van der Waals surface area contributed by atoms with Crippen molar-refractivity contribution in [1.82, 2.24) is 0 Å². The van der Waals surface area contributed by atoms with E-state index in [0.29, 0.717) is 15.8 Å². The topological polar surface area (TPSA) is 35.2 Å². The van der Waals surface area contributed by atoms with Crippen LogP contribution in [-0.4, -0.2) is 6.04 Å². The van der Waals surface area contributed by atoms with Crippen LogP contribution in [0.25, 0.3) is 0 Å². The molecule has 0 spiro atoms. The molecule has 0 aliphatic rings. The number of hydrogen-bond donors (Lipinski definition) is 1. The molecule has 0 aliphatic heterocycles. The zero-order valence-corrected chi connectivity index (χ0v) is 13.7. The number of nitrogens with two attached hydrogens (primary N) is 1. The van der Waals surface area contributed by atoms with Gasteiger partial charge in [-0.3, -0.25) is 0 Å². The molecule has 0 fully saturated rings. The van der Waals surface area contributed by atoms with Crippen LogP contribution in [0.5, 0.6) is 11.5 Å². The van der Waals surface area contributed by atoms with E-state index in [9.17, 15) is 0 Å². The first-order valence-electron chi connectivity index (χ1n) is 6.97. The first-order chi connectivity index (χ1) is 9.99. The normalized spacial score (nSPS) is 12.2. The Hall–Kier alpha value is -1.22. The highest BCUT2D eigenvalue weighted by molar-refractivity contribution is 6.35. The second-order valence-electron chi connectivity index (χ2n) is 5.16. The summed E-state index contributed by atoms with van der Waals surface area (Å²) in [6.45, 7) is 4.14. The summed E-state index contributed by atoms with van der Waals surface area (Å²) in [5.74, 6) is 1.38. The van der Waals surface area contributed by atoms with Gasteiger partial charge in [0, 0.05) is 11.1 Å². The first-order valence-corrected chi connectivity index (χ1v) is 7.73. The van der Waals surface area contributed by atoms with E-state index in [-0.39, 0.29) is 6.04 Å². The van der Waals surface area contributed by atoms with Gasteiger partial charge in [0.15, 0.2) is 0 Å². The zero-order chi connectivity index (χ0) is 15.4. The van der Waals surface area contributed by atoms with E-state index < -0.39 is 0 Å². The highest BCUT2D eigenvalue weighted by atomic mass is 35.5. The molecular weight excluding hydrogens is 305 g/mol. The highest BCUT2D eigenvalue weighted by Gasteiger charge is 2.11. The predicted octanol–water partition coefficient (Wildman–Crippen LogP) is 5.37. The minimum atomic E-state index is 0.120. The lowest BCUT2D eigenvalue weighted by atomic mass is 10.0. The molecule has 1 unspecified atom stereocenters. The quantitative estimate of drug-likeness (QED) is 0.802. The number of benzene rings is 2. The Morgan fingerprint density at radius 3 is 2.48 bits per heavy atom. The van der Waals surface area contributed by atoms with Crippen LogP contribution in [0.2, 0.25) is 10.0 Å². The van der Waals surface area contributed by atoms with Crippen LogP contribution in [0.1, 0.15) is 24.5 Å². The summed E-state index contributed by atoms with van der Waals surface area (Å²) in [5, 5.41) is 1.08. The molecule has 0 amide bonds. The molecule has 0 aromatic heterocycles. The fourth-order valence-corrected chi connectivity index (χ4v) is 2.52. The Balaban J connectivity index is 2.30. The molecule has 0 heterocycles. The average Bonchev–Trinajstić information content (AvgIpc) is 2.44. The molecule has 2 nitrogen and oxygen atoms in total. The molecule has 1 atom stereocenters. The molecule has 2 aromatic carbocycles. The van der Waals surface area contributed by atoms with E-state index in [1.165, 1.54) is 5.56 Å². The standard InChI is InChI=1S/C17H19Cl2NO/c1-3-14(20)9-12-8-11(2)4-6-16(12)21-17-7-5-13(18)10-15(17)19/h4-8,10,14H,3,9,20H2,1-2H3. The summed E-state index contributed by atoms with van der Waals surface area (Å²) in [6.07, 6.45) is 1.70. The lowest BCUT2D eigenvalue weighted by Gasteiger charge is -2.15. The largest absolute Gasteiger partial charge is 0.456 e. The van der Waals surface area contributed by atoms with E-state index in [1.807, 2.05) is 12.1 Å². The van der Waals surface area contributed by atoms with Crippen molar-refractivity contribution in [3.63, 3.8) is 0 Å². The Morgan fingerprint density at radius 2 is 1.81 bits per heavy atom. The lowest BCUT2D eigenvalue weighted by Crippen LogP contribution is -2.21. The maximum absolute atomic E-state index is 6.16. The van der Waals surface area contributed by atoms with Gasteiger partial charge in [0.05, 0.1) is 5.02 Å². The van der Waals surface area contributed by atoms with E-state index in [2.05, 4.69) is 19.9 Å². The zero-order valence-electron chi connectivity index (χ0n) is 12.2. The van der Waals surface area contributed by atoms with Crippen molar-refractivity contribution in [3.05, 3.63) is 57.6 Å². The van der Waals surface area contributed by atoms with Crippen LogP contribution < -0.4 is 10.5 Å². The van der Waals surface area contributed by atoms with Gasteiger partial charge >= 0.3 is 0 Å². The Morgan fingerprint density at radius 1 is 1.10 bits per heavy atom. The molecule has 0 aliphatic carbocycles. The predicted molar refractivity (Wildman–Crippen MR) is 89.7 cm³/mol. The second-order valence-corrected chi connectivity index (χ2v) is 6.00. The molecule has 2 rings (SSSR count). The molecule has 21 heavy (non-hydrogen) atoms. The third-order valence-corrected chi connectivity index (χ3v) is 3.87. The van der Waals surface area contributed by atoms with Crippen molar-refractivity contribution in [1.29, 1.82) is 0 Å². The minimum Gasteiger partial charge on any atom is -0.456 e. The van der Waals surface area contributed by atoms with Gasteiger partial charge in [0.25, 0.3) is 0 Å². The Bertz CT molecular complexity index is 628. The van der Waals surface area contributed by atoms with Gasteiger partial charge in [-0.2, -0.15) is 0 Å². The van der Waals surface area contributed by atoms with E-state index >= 15 is 0 Å². The van der Waals surface area contributed by atoms with Gasteiger partial charge in [0.2, 0.25) is 0 Å². The number of ether oxygens (including phenoxy) is 1. The van der Waals surface area contributed by atoms with Gasteiger partial charge in [-0.1, -0.05) is 47.8 Å². The van der Waals surface area contributed by atoms with Crippen LogP contribution >= 0.6 is 23.2 Å². The Kier molecular flexibility index (Phi) is 5.51. The summed E-state index contributed by atoms with van der Waals surface area (Å²) in [4.78, 5) is 0.